The zero-order chi connectivity index (χ0) is 9.19. The van der Waals surface area contributed by atoms with Crippen molar-refractivity contribution in [2.45, 2.75) is 38.9 Å². The molecule has 0 spiro atoms. The van der Waals surface area contributed by atoms with Gasteiger partial charge >= 0.3 is 8.56 Å². The lowest BCUT2D eigenvalue weighted by Gasteiger charge is -2.34. The monoisotopic (exact) mass is 206 g/mol. The Kier molecular flexibility index (Phi) is 3.48. The van der Waals surface area contributed by atoms with Gasteiger partial charge in [0.2, 0.25) is 0 Å². The highest BCUT2D eigenvalue weighted by molar-refractivity contribution is 6.72. The van der Waals surface area contributed by atoms with Gasteiger partial charge in [-0.3, -0.25) is 0 Å². The van der Waals surface area contributed by atoms with Gasteiger partial charge in [0.15, 0.2) is 15.3 Å². The van der Waals surface area contributed by atoms with Gasteiger partial charge in [-0.15, -0.1) is 0 Å². The normalized spacial score (nSPS) is 24.2. The van der Waals surface area contributed by atoms with E-state index in [-0.39, 0.29) is 6.29 Å². The van der Waals surface area contributed by atoms with E-state index in [4.69, 9.17) is 13.3 Å². The van der Waals surface area contributed by atoms with E-state index in [1.54, 1.807) is 0 Å². The van der Waals surface area contributed by atoms with Crippen molar-refractivity contribution >= 4 is 17.6 Å². The molecule has 1 aliphatic heterocycles. The second-order valence-corrected chi connectivity index (χ2v) is 9.85. The highest BCUT2D eigenvalue weighted by Gasteiger charge is 2.32. The summed E-state index contributed by atoms with van der Waals surface area (Å²) in [6, 6.07) is 0. The molecule has 1 rings (SSSR count). The maximum atomic E-state index is 5.82. The van der Waals surface area contributed by atoms with Gasteiger partial charge in [0.05, 0.1) is 6.61 Å². The fourth-order valence-corrected chi connectivity index (χ4v) is 6.80. The third-order valence-corrected chi connectivity index (χ3v) is 6.58. The van der Waals surface area contributed by atoms with E-state index in [1.807, 2.05) is 0 Å². The van der Waals surface area contributed by atoms with Gasteiger partial charge < -0.3 is 13.3 Å². The van der Waals surface area contributed by atoms with E-state index in [0.717, 1.165) is 13.0 Å². The summed E-state index contributed by atoms with van der Waals surface area (Å²) < 4.78 is 16.7. The highest BCUT2D eigenvalue weighted by Crippen LogP contribution is 2.19. The van der Waals surface area contributed by atoms with E-state index in [2.05, 4.69) is 26.2 Å². The van der Waals surface area contributed by atoms with Crippen LogP contribution in [0, 0.1) is 0 Å². The minimum absolute atomic E-state index is 0.0272. The fraction of sp³-hybridized carbons (Fsp3) is 1.00. The highest BCUT2D eigenvalue weighted by atomic mass is 28.4. The maximum Gasteiger partial charge on any atom is 0.323 e. The van der Waals surface area contributed by atoms with Gasteiger partial charge in [-0.05, 0) is 26.2 Å². The molecule has 1 atom stereocenters. The summed E-state index contributed by atoms with van der Waals surface area (Å²) in [4.78, 5) is 0. The van der Waals surface area contributed by atoms with E-state index in [1.165, 1.54) is 0 Å². The molecular formula is C7H18O3Si2. The van der Waals surface area contributed by atoms with E-state index in [9.17, 15) is 0 Å². The Balaban J connectivity index is 2.25. The molecule has 0 aromatic carbocycles. The summed E-state index contributed by atoms with van der Waals surface area (Å²) >= 11 is 0. The molecule has 72 valence electrons. The van der Waals surface area contributed by atoms with Crippen LogP contribution in [0.25, 0.3) is 0 Å². The Morgan fingerprint density at radius 3 is 2.33 bits per heavy atom. The van der Waals surface area contributed by atoms with Crippen LogP contribution in [0.5, 0.6) is 0 Å². The Morgan fingerprint density at radius 2 is 2.00 bits per heavy atom. The minimum atomic E-state index is -1.86. The van der Waals surface area contributed by atoms with Gasteiger partial charge in [0.1, 0.15) is 0 Å². The van der Waals surface area contributed by atoms with Crippen molar-refractivity contribution < 1.29 is 13.3 Å². The van der Waals surface area contributed by atoms with Crippen molar-refractivity contribution in [2.24, 2.45) is 0 Å². The predicted molar refractivity (Wildman–Crippen MR) is 52.9 cm³/mol. The predicted octanol–water partition coefficient (Wildman–Crippen LogP) is 1.45. The number of hydrogen-bond acceptors (Lipinski definition) is 3. The molecule has 0 bridgehead atoms. The third-order valence-electron chi connectivity index (χ3n) is 1.59. The first kappa shape index (κ1) is 10.4. The number of hydrogen-bond donors (Lipinski definition) is 0. The van der Waals surface area contributed by atoms with Crippen molar-refractivity contribution in [3.05, 3.63) is 0 Å². The first-order valence-corrected chi connectivity index (χ1v) is 10.1. The molecule has 1 unspecified atom stereocenters. The Hall–Kier alpha value is 0.314. The van der Waals surface area contributed by atoms with Crippen LogP contribution in [0.1, 0.15) is 6.42 Å². The zero-order valence-electron chi connectivity index (χ0n) is 8.29. The summed E-state index contributed by atoms with van der Waals surface area (Å²) in [5.41, 5.74) is 0. The molecule has 0 aromatic rings. The Morgan fingerprint density at radius 1 is 1.42 bits per heavy atom. The molecule has 0 aromatic heterocycles. The van der Waals surface area contributed by atoms with Gasteiger partial charge in [-0.2, -0.15) is 0 Å². The number of ether oxygens (including phenoxy) is 1. The van der Waals surface area contributed by atoms with Crippen LogP contribution in [0.15, 0.2) is 0 Å². The van der Waals surface area contributed by atoms with E-state index < -0.39 is 17.6 Å². The standard InChI is InChI=1S/C7H18O3Si2/c1-11(2)10-12(3,4)9-7-5-6-8-7/h7,11H,5-6H2,1-4H3. The summed E-state index contributed by atoms with van der Waals surface area (Å²) in [7, 11) is -2.82. The average Bonchev–Trinajstić information content (AvgIpc) is 1.76. The summed E-state index contributed by atoms with van der Waals surface area (Å²) in [6.07, 6.45) is 1.05. The summed E-state index contributed by atoms with van der Waals surface area (Å²) in [5.74, 6) is 0. The molecule has 0 saturated carbocycles. The Bertz CT molecular complexity index is 146. The van der Waals surface area contributed by atoms with E-state index >= 15 is 0 Å². The molecule has 12 heavy (non-hydrogen) atoms. The summed E-state index contributed by atoms with van der Waals surface area (Å²) in [5, 5.41) is 0. The van der Waals surface area contributed by atoms with Crippen molar-refractivity contribution in [1.82, 2.24) is 0 Å². The van der Waals surface area contributed by atoms with E-state index in [0.29, 0.717) is 0 Å². The van der Waals surface area contributed by atoms with Crippen molar-refractivity contribution in [2.75, 3.05) is 6.61 Å². The van der Waals surface area contributed by atoms with Crippen LogP contribution in [0.3, 0.4) is 0 Å². The minimum Gasteiger partial charge on any atom is -0.439 e. The average molecular weight is 206 g/mol. The van der Waals surface area contributed by atoms with Crippen LogP contribution in [-0.2, 0) is 13.3 Å². The third kappa shape index (κ3) is 3.36. The first-order chi connectivity index (χ1) is 5.49. The molecule has 0 aliphatic carbocycles. The molecule has 0 amide bonds. The zero-order valence-corrected chi connectivity index (χ0v) is 10.4. The van der Waals surface area contributed by atoms with Crippen LogP contribution >= 0.6 is 0 Å². The fourth-order valence-electron chi connectivity index (χ4n) is 1.22. The van der Waals surface area contributed by atoms with Gasteiger partial charge in [0, 0.05) is 6.42 Å². The largest absolute Gasteiger partial charge is 0.439 e. The quantitative estimate of drug-likeness (QED) is 0.652. The molecule has 0 N–H and O–H groups in total. The second kappa shape index (κ2) is 4.01. The van der Waals surface area contributed by atoms with Gasteiger partial charge in [-0.25, -0.2) is 0 Å². The molecule has 1 aliphatic rings. The summed E-state index contributed by atoms with van der Waals surface area (Å²) in [6.45, 7) is 9.34. The van der Waals surface area contributed by atoms with Crippen LogP contribution < -0.4 is 0 Å². The molecule has 1 heterocycles. The van der Waals surface area contributed by atoms with Crippen molar-refractivity contribution in [1.29, 1.82) is 0 Å². The molecule has 5 heteroatoms. The van der Waals surface area contributed by atoms with Crippen LogP contribution in [-0.4, -0.2) is 30.5 Å². The lowest BCUT2D eigenvalue weighted by Crippen LogP contribution is -2.46. The lowest BCUT2D eigenvalue weighted by molar-refractivity contribution is -0.175. The van der Waals surface area contributed by atoms with Gasteiger partial charge in [0.25, 0.3) is 0 Å². The first-order valence-electron chi connectivity index (χ1n) is 4.47. The molecule has 3 nitrogen and oxygen atoms in total. The molecule has 1 fully saturated rings. The smallest absolute Gasteiger partial charge is 0.323 e. The van der Waals surface area contributed by atoms with Crippen LogP contribution in [0.4, 0.5) is 0 Å². The molecule has 0 radical (unpaired) electrons. The number of rotatable bonds is 4. The molecular weight excluding hydrogens is 188 g/mol. The maximum absolute atomic E-state index is 5.82. The Labute approximate surface area is 77.0 Å². The van der Waals surface area contributed by atoms with Gasteiger partial charge in [-0.1, -0.05) is 0 Å². The van der Waals surface area contributed by atoms with Crippen molar-refractivity contribution in [3.8, 4) is 0 Å². The molecule has 1 saturated heterocycles. The lowest BCUT2D eigenvalue weighted by atomic mass is 10.4. The van der Waals surface area contributed by atoms with Crippen molar-refractivity contribution in [3.63, 3.8) is 0 Å². The van der Waals surface area contributed by atoms with Crippen LogP contribution in [0.2, 0.25) is 26.2 Å². The topological polar surface area (TPSA) is 27.7 Å². The SMILES string of the molecule is C[SiH](C)O[Si](C)(C)OC1CCO1. The second-order valence-electron chi connectivity index (χ2n) is 3.77.